The van der Waals surface area contributed by atoms with Crippen LogP contribution in [-0.2, 0) is 9.84 Å². The standard InChI is InChI=1S/C14H19N3O3S2/c1-14(2,3)11-9-22(19,20)7-6-17(11)12(18)10-8-16-5-4-15-13(16)21-10/h4-5,8,11H,6-7,9H2,1-3H3. The molecule has 1 atom stereocenters. The normalized spacial score (nSPS) is 22.1. The minimum absolute atomic E-state index is 0.0325. The van der Waals surface area contributed by atoms with Crippen molar-refractivity contribution in [3.05, 3.63) is 23.5 Å². The molecule has 0 N–H and O–H groups in total. The number of nitrogens with zero attached hydrogens (tertiary/aromatic N) is 3. The molecule has 2 aromatic heterocycles. The van der Waals surface area contributed by atoms with E-state index in [1.165, 1.54) is 11.3 Å². The monoisotopic (exact) mass is 341 g/mol. The summed E-state index contributed by atoms with van der Waals surface area (Å²) >= 11 is 1.33. The summed E-state index contributed by atoms with van der Waals surface area (Å²) in [6, 6.07) is -0.312. The topological polar surface area (TPSA) is 71.8 Å². The maximum absolute atomic E-state index is 12.8. The van der Waals surface area contributed by atoms with E-state index in [0.29, 0.717) is 4.88 Å². The Morgan fingerprint density at radius 1 is 1.41 bits per heavy atom. The third kappa shape index (κ3) is 2.77. The van der Waals surface area contributed by atoms with E-state index in [1.807, 2.05) is 25.2 Å². The fourth-order valence-corrected chi connectivity index (χ4v) is 5.44. The van der Waals surface area contributed by atoms with Crippen molar-refractivity contribution in [2.75, 3.05) is 18.1 Å². The number of fused-ring (bicyclic) bond motifs is 1. The van der Waals surface area contributed by atoms with Crippen LogP contribution in [0.1, 0.15) is 30.4 Å². The molecule has 1 aliphatic rings. The molecule has 0 bridgehead atoms. The summed E-state index contributed by atoms with van der Waals surface area (Å²) in [5.74, 6) is -0.0381. The Kier molecular flexibility index (Phi) is 3.56. The van der Waals surface area contributed by atoms with Crippen LogP contribution in [0, 0.1) is 5.41 Å². The number of amides is 1. The number of carbonyl (C=O) groups excluding carboxylic acids is 1. The van der Waals surface area contributed by atoms with Gasteiger partial charge in [0, 0.05) is 25.1 Å². The van der Waals surface area contributed by atoms with E-state index >= 15 is 0 Å². The highest BCUT2D eigenvalue weighted by molar-refractivity contribution is 7.91. The van der Waals surface area contributed by atoms with Crippen molar-refractivity contribution in [3.63, 3.8) is 0 Å². The van der Waals surface area contributed by atoms with Crippen molar-refractivity contribution >= 4 is 32.0 Å². The summed E-state index contributed by atoms with van der Waals surface area (Å²) in [7, 11) is -3.09. The van der Waals surface area contributed by atoms with Gasteiger partial charge >= 0.3 is 0 Å². The van der Waals surface area contributed by atoms with Crippen LogP contribution in [0.25, 0.3) is 4.96 Å². The van der Waals surface area contributed by atoms with Gasteiger partial charge in [0.05, 0.1) is 17.5 Å². The zero-order chi connectivity index (χ0) is 16.1. The van der Waals surface area contributed by atoms with Gasteiger partial charge in [-0.2, -0.15) is 0 Å². The van der Waals surface area contributed by atoms with E-state index in [2.05, 4.69) is 4.98 Å². The molecule has 1 fully saturated rings. The summed E-state index contributed by atoms with van der Waals surface area (Å²) < 4.78 is 25.7. The second-order valence-electron chi connectivity index (χ2n) is 6.71. The number of sulfone groups is 1. The first-order valence-electron chi connectivity index (χ1n) is 7.11. The summed E-state index contributed by atoms with van der Waals surface area (Å²) in [4.78, 5) is 20.1. The van der Waals surface area contributed by atoms with Crippen LogP contribution in [0.15, 0.2) is 18.6 Å². The van der Waals surface area contributed by atoms with Gasteiger partial charge in [-0.1, -0.05) is 32.1 Å². The molecule has 1 aliphatic heterocycles. The molecule has 6 nitrogen and oxygen atoms in total. The molecule has 0 aliphatic carbocycles. The number of hydrogen-bond donors (Lipinski definition) is 0. The fraction of sp³-hybridized carbons (Fsp3) is 0.571. The van der Waals surface area contributed by atoms with Crippen LogP contribution in [0.3, 0.4) is 0 Å². The van der Waals surface area contributed by atoms with Gasteiger partial charge in [0.15, 0.2) is 14.8 Å². The Labute approximate surface area is 133 Å². The summed E-state index contributed by atoms with van der Waals surface area (Å²) in [6.07, 6.45) is 5.24. The lowest BCUT2D eigenvalue weighted by molar-refractivity contribution is 0.0566. The highest BCUT2D eigenvalue weighted by Gasteiger charge is 2.41. The second-order valence-corrected chi connectivity index (χ2v) is 9.95. The molecule has 120 valence electrons. The quantitative estimate of drug-likeness (QED) is 0.791. The van der Waals surface area contributed by atoms with Crippen molar-refractivity contribution in [2.24, 2.45) is 5.41 Å². The first-order chi connectivity index (χ1) is 10.2. The minimum Gasteiger partial charge on any atom is -0.332 e. The lowest BCUT2D eigenvalue weighted by Gasteiger charge is -2.42. The van der Waals surface area contributed by atoms with E-state index in [9.17, 15) is 13.2 Å². The van der Waals surface area contributed by atoms with Crippen LogP contribution in [0.4, 0.5) is 0 Å². The molecule has 0 radical (unpaired) electrons. The largest absolute Gasteiger partial charge is 0.332 e. The molecular formula is C14H19N3O3S2. The average Bonchev–Trinajstić information content (AvgIpc) is 2.96. The van der Waals surface area contributed by atoms with Gasteiger partial charge in [0.1, 0.15) is 4.88 Å². The highest BCUT2D eigenvalue weighted by Crippen LogP contribution is 2.31. The van der Waals surface area contributed by atoms with Crippen molar-refractivity contribution in [2.45, 2.75) is 26.8 Å². The van der Waals surface area contributed by atoms with Gasteiger partial charge in [0.25, 0.3) is 5.91 Å². The SMILES string of the molecule is CC(C)(C)C1CS(=O)(=O)CCN1C(=O)c1cn2ccnc2s1. The van der Waals surface area contributed by atoms with E-state index in [0.717, 1.165) is 4.96 Å². The molecule has 8 heteroatoms. The Bertz CT molecular complexity index is 785. The van der Waals surface area contributed by atoms with Crippen molar-refractivity contribution in [1.29, 1.82) is 0 Å². The molecule has 1 amide bonds. The first-order valence-corrected chi connectivity index (χ1v) is 9.75. The van der Waals surface area contributed by atoms with Gasteiger partial charge in [0.2, 0.25) is 0 Å². The van der Waals surface area contributed by atoms with E-state index in [4.69, 9.17) is 0 Å². The lowest BCUT2D eigenvalue weighted by atomic mass is 9.86. The van der Waals surface area contributed by atoms with E-state index in [-0.39, 0.29) is 35.4 Å². The Morgan fingerprint density at radius 2 is 2.14 bits per heavy atom. The number of imidazole rings is 1. The van der Waals surface area contributed by atoms with Gasteiger partial charge in [-0.3, -0.25) is 9.20 Å². The molecule has 3 rings (SSSR count). The fourth-order valence-electron chi connectivity index (χ4n) is 2.74. The molecule has 0 spiro atoms. The second kappa shape index (κ2) is 5.06. The third-order valence-electron chi connectivity index (χ3n) is 3.99. The molecule has 0 saturated carbocycles. The third-order valence-corrected chi connectivity index (χ3v) is 6.62. The zero-order valence-electron chi connectivity index (χ0n) is 12.8. The van der Waals surface area contributed by atoms with E-state index in [1.54, 1.807) is 23.5 Å². The van der Waals surface area contributed by atoms with Gasteiger partial charge in [-0.25, -0.2) is 13.4 Å². The van der Waals surface area contributed by atoms with Crippen LogP contribution < -0.4 is 0 Å². The molecule has 3 heterocycles. The van der Waals surface area contributed by atoms with Crippen LogP contribution >= 0.6 is 11.3 Å². The number of thiazole rings is 1. The van der Waals surface area contributed by atoms with Crippen LogP contribution in [0.2, 0.25) is 0 Å². The Morgan fingerprint density at radius 3 is 2.77 bits per heavy atom. The summed E-state index contributed by atoms with van der Waals surface area (Å²) in [5.41, 5.74) is -0.291. The maximum atomic E-state index is 12.8. The predicted molar refractivity (Wildman–Crippen MR) is 86.0 cm³/mol. The van der Waals surface area contributed by atoms with Crippen molar-refractivity contribution in [1.82, 2.24) is 14.3 Å². The van der Waals surface area contributed by atoms with Gasteiger partial charge < -0.3 is 4.90 Å². The molecule has 2 aromatic rings. The number of carbonyl (C=O) groups is 1. The lowest BCUT2D eigenvalue weighted by Crippen LogP contribution is -2.56. The Hall–Kier alpha value is -1.41. The van der Waals surface area contributed by atoms with Gasteiger partial charge in [-0.05, 0) is 5.41 Å². The zero-order valence-corrected chi connectivity index (χ0v) is 14.4. The minimum atomic E-state index is -3.09. The maximum Gasteiger partial charge on any atom is 0.265 e. The first kappa shape index (κ1) is 15.5. The van der Waals surface area contributed by atoms with E-state index < -0.39 is 9.84 Å². The summed E-state index contributed by atoms with van der Waals surface area (Å²) in [6.45, 7) is 6.17. The van der Waals surface area contributed by atoms with Crippen LogP contribution in [0.5, 0.6) is 0 Å². The van der Waals surface area contributed by atoms with Crippen LogP contribution in [-0.4, -0.2) is 52.7 Å². The van der Waals surface area contributed by atoms with Gasteiger partial charge in [-0.15, -0.1) is 0 Å². The van der Waals surface area contributed by atoms with Crippen molar-refractivity contribution < 1.29 is 13.2 Å². The molecule has 0 aromatic carbocycles. The smallest absolute Gasteiger partial charge is 0.265 e. The number of rotatable bonds is 1. The molecule has 1 saturated heterocycles. The highest BCUT2D eigenvalue weighted by atomic mass is 32.2. The molecule has 1 unspecified atom stereocenters. The molecule has 22 heavy (non-hydrogen) atoms. The summed E-state index contributed by atoms with van der Waals surface area (Å²) in [5, 5.41) is 0. The number of hydrogen-bond acceptors (Lipinski definition) is 5. The Balaban J connectivity index is 1.94. The molecular weight excluding hydrogens is 322 g/mol. The predicted octanol–water partition coefficient (Wildman–Crippen LogP) is 1.68. The average molecular weight is 341 g/mol. The van der Waals surface area contributed by atoms with Crippen molar-refractivity contribution in [3.8, 4) is 0 Å². The number of aromatic nitrogens is 2.